The molecule has 0 nitrogen and oxygen atoms in total. The molecule has 0 aromatic heterocycles. The molecule has 1 unspecified atom stereocenters. The van der Waals surface area contributed by atoms with Crippen LogP contribution in [0.15, 0.2) is 0 Å². The lowest BCUT2D eigenvalue weighted by molar-refractivity contribution is 0.209. The predicted molar refractivity (Wildman–Crippen MR) is 66.5 cm³/mol. The molecule has 2 fully saturated rings. The van der Waals surface area contributed by atoms with Gasteiger partial charge in [0.25, 0.3) is 0 Å². The Kier molecular flexibility index (Phi) is 3.42. The Morgan fingerprint density at radius 2 is 1.87 bits per heavy atom. The van der Waals surface area contributed by atoms with Crippen molar-refractivity contribution in [1.82, 2.24) is 0 Å². The lowest BCUT2D eigenvalue weighted by Gasteiger charge is -2.34. The fourth-order valence-corrected chi connectivity index (χ4v) is 2.45. The fraction of sp³-hybridized carbons (Fsp3) is 0.933. The van der Waals surface area contributed by atoms with Gasteiger partial charge >= 0.3 is 0 Å². The van der Waals surface area contributed by atoms with Crippen molar-refractivity contribution in [1.29, 1.82) is 0 Å². The van der Waals surface area contributed by atoms with Gasteiger partial charge in [0.2, 0.25) is 0 Å². The maximum absolute atomic E-state index is 2.70. The average Bonchev–Trinajstić information content (AvgIpc) is 3.05. The first-order valence-corrected chi connectivity index (χ1v) is 6.97. The zero-order valence-electron chi connectivity index (χ0n) is 10.8. The fourth-order valence-electron chi connectivity index (χ4n) is 2.45. The second-order valence-electron chi connectivity index (χ2n) is 6.50. The minimum Gasteiger partial charge on any atom is -0.0649 e. The summed E-state index contributed by atoms with van der Waals surface area (Å²) in [7, 11) is 0. The highest BCUT2D eigenvalue weighted by molar-refractivity contribution is 4.97. The van der Waals surface area contributed by atoms with Crippen LogP contribution in [0.25, 0.3) is 0 Å². The van der Waals surface area contributed by atoms with E-state index in [1.165, 1.54) is 44.9 Å². The number of rotatable bonds is 7. The molecule has 0 aliphatic heterocycles. The molecular weight excluding hydrogens is 180 g/mol. The molecule has 0 bridgehead atoms. The molecule has 2 saturated carbocycles. The Balaban J connectivity index is 1.81. The van der Waals surface area contributed by atoms with Gasteiger partial charge in [0.05, 0.1) is 0 Å². The monoisotopic (exact) mass is 207 g/mol. The minimum absolute atomic E-state index is 0.539. The predicted octanol–water partition coefficient (Wildman–Crippen LogP) is 4.84. The van der Waals surface area contributed by atoms with Gasteiger partial charge in [-0.3, -0.25) is 0 Å². The summed E-state index contributed by atoms with van der Waals surface area (Å²) in [6.07, 6.45) is 13.0. The topological polar surface area (TPSA) is 0 Å². The third kappa shape index (κ3) is 3.50. The number of hydrogen-bond donors (Lipinski definition) is 0. The Bertz CT molecular complexity index is 196. The smallest absolute Gasteiger partial charge is 0.0318 e. The summed E-state index contributed by atoms with van der Waals surface area (Å²) in [5.74, 6) is 2.98. The maximum Gasteiger partial charge on any atom is -0.0318 e. The zero-order chi connectivity index (χ0) is 10.9. The van der Waals surface area contributed by atoms with Gasteiger partial charge in [-0.15, -0.1) is 0 Å². The quantitative estimate of drug-likeness (QED) is 0.560. The van der Waals surface area contributed by atoms with Gasteiger partial charge in [0, 0.05) is 0 Å². The SMILES string of the molecule is CCC(C)(C)C([CH]C1CC1)CCC1CC1. The first-order valence-electron chi connectivity index (χ1n) is 6.97. The molecule has 0 saturated heterocycles. The van der Waals surface area contributed by atoms with Crippen LogP contribution in [-0.4, -0.2) is 0 Å². The van der Waals surface area contributed by atoms with E-state index in [1.54, 1.807) is 0 Å². The van der Waals surface area contributed by atoms with Crippen LogP contribution in [0.5, 0.6) is 0 Å². The summed E-state index contributed by atoms with van der Waals surface area (Å²) in [4.78, 5) is 0. The molecule has 1 atom stereocenters. The third-order valence-corrected chi connectivity index (χ3v) is 4.62. The van der Waals surface area contributed by atoms with Gasteiger partial charge in [-0.05, 0) is 48.9 Å². The average molecular weight is 207 g/mol. The van der Waals surface area contributed by atoms with Crippen molar-refractivity contribution in [3.63, 3.8) is 0 Å². The summed E-state index contributed by atoms with van der Waals surface area (Å²) >= 11 is 0. The molecule has 2 aliphatic carbocycles. The van der Waals surface area contributed by atoms with Crippen LogP contribution in [0.1, 0.15) is 65.7 Å². The normalized spacial score (nSPS) is 24.2. The van der Waals surface area contributed by atoms with Crippen molar-refractivity contribution >= 4 is 0 Å². The van der Waals surface area contributed by atoms with E-state index in [0.717, 1.165) is 17.8 Å². The van der Waals surface area contributed by atoms with Crippen LogP contribution in [0.2, 0.25) is 0 Å². The Hall–Kier alpha value is 0. The highest BCUT2D eigenvalue weighted by atomic mass is 14.4. The summed E-state index contributed by atoms with van der Waals surface area (Å²) in [6, 6.07) is 0. The second-order valence-corrected chi connectivity index (χ2v) is 6.50. The van der Waals surface area contributed by atoms with Crippen LogP contribution >= 0.6 is 0 Å². The molecule has 0 N–H and O–H groups in total. The van der Waals surface area contributed by atoms with Gasteiger partial charge in [-0.2, -0.15) is 0 Å². The Morgan fingerprint density at radius 1 is 1.20 bits per heavy atom. The molecule has 87 valence electrons. The van der Waals surface area contributed by atoms with E-state index >= 15 is 0 Å². The standard InChI is InChI=1S/C15H27/c1-4-15(2,3)14(11-13-7-8-13)10-9-12-5-6-12/h11-14H,4-10H2,1-3H3. The van der Waals surface area contributed by atoms with Gasteiger partial charge in [0.1, 0.15) is 0 Å². The molecule has 2 aliphatic rings. The van der Waals surface area contributed by atoms with E-state index in [4.69, 9.17) is 0 Å². The molecule has 15 heavy (non-hydrogen) atoms. The van der Waals surface area contributed by atoms with Crippen LogP contribution in [0.4, 0.5) is 0 Å². The zero-order valence-corrected chi connectivity index (χ0v) is 10.8. The molecule has 0 aromatic carbocycles. The number of hydrogen-bond acceptors (Lipinski definition) is 0. The first-order chi connectivity index (χ1) is 7.12. The van der Waals surface area contributed by atoms with E-state index < -0.39 is 0 Å². The van der Waals surface area contributed by atoms with Gasteiger partial charge in [0.15, 0.2) is 0 Å². The van der Waals surface area contributed by atoms with E-state index in [1.807, 2.05) is 0 Å². The van der Waals surface area contributed by atoms with Crippen LogP contribution in [0.3, 0.4) is 0 Å². The lowest BCUT2D eigenvalue weighted by Crippen LogP contribution is -2.24. The van der Waals surface area contributed by atoms with Crippen molar-refractivity contribution in [2.75, 3.05) is 0 Å². The molecule has 0 aromatic rings. The van der Waals surface area contributed by atoms with Crippen LogP contribution in [-0.2, 0) is 0 Å². The summed E-state index contributed by atoms with van der Waals surface area (Å²) in [5, 5.41) is 0. The highest BCUT2D eigenvalue weighted by Gasteiger charge is 2.34. The van der Waals surface area contributed by atoms with E-state index in [9.17, 15) is 0 Å². The first kappa shape index (κ1) is 11.5. The van der Waals surface area contributed by atoms with Crippen molar-refractivity contribution in [3.05, 3.63) is 6.42 Å². The van der Waals surface area contributed by atoms with Crippen molar-refractivity contribution < 1.29 is 0 Å². The van der Waals surface area contributed by atoms with Crippen molar-refractivity contribution in [2.24, 2.45) is 23.2 Å². The molecular formula is C15H27. The molecule has 0 heteroatoms. The largest absolute Gasteiger partial charge is 0.0649 e. The molecule has 1 radical (unpaired) electrons. The minimum atomic E-state index is 0.539. The van der Waals surface area contributed by atoms with Gasteiger partial charge in [-0.25, -0.2) is 0 Å². The van der Waals surface area contributed by atoms with Crippen LogP contribution in [0, 0.1) is 29.6 Å². The molecule has 0 amide bonds. The summed E-state index contributed by atoms with van der Waals surface area (Å²) in [6.45, 7) is 7.28. The molecule has 0 heterocycles. The van der Waals surface area contributed by atoms with E-state index in [0.29, 0.717) is 5.41 Å². The Labute approximate surface area is 95.8 Å². The maximum atomic E-state index is 2.70. The van der Waals surface area contributed by atoms with E-state index in [-0.39, 0.29) is 0 Å². The third-order valence-electron chi connectivity index (χ3n) is 4.62. The Morgan fingerprint density at radius 3 is 2.33 bits per heavy atom. The molecule has 0 spiro atoms. The molecule has 2 rings (SSSR count). The van der Waals surface area contributed by atoms with Crippen molar-refractivity contribution in [2.45, 2.75) is 65.7 Å². The van der Waals surface area contributed by atoms with Crippen molar-refractivity contribution in [3.8, 4) is 0 Å². The van der Waals surface area contributed by atoms with Crippen LogP contribution < -0.4 is 0 Å². The second kappa shape index (κ2) is 4.47. The highest BCUT2D eigenvalue weighted by Crippen LogP contribution is 2.45. The van der Waals surface area contributed by atoms with E-state index in [2.05, 4.69) is 27.2 Å². The lowest BCUT2D eigenvalue weighted by atomic mass is 9.72. The van der Waals surface area contributed by atoms with Gasteiger partial charge < -0.3 is 0 Å². The summed E-state index contributed by atoms with van der Waals surface area (Å²) in [5.41, 5.74) is 0.539. The van der Waals surface area contributed by atoms with Gasteiger partial charge in [-0.1, -0.05) is 46.5 Å². The summed E-state index contributed by atoms with van der Waals surface area (Å²) < 4.78 is 0.